The van der Waals surface area contributed by atoms with Crippen LogP contribution in [0.15, 0.2) is 36.4 Å². The monoisotopic (exact) mass is 436 g/mol. The molecule has 2 saturated heterocycles. The minimum absolute atomic E-state index is 0.0935. The zero-order chi connectivity index (χ0) is 21.8. The smallest absolute Gasteiger partial charge is 0.322 e. The first-order valence-electron chi connectivity index (χ1n) is 9.46. The molecule has 164 valence electrons. The van der Waals surface area contributed by atoms with E-state index in [1.165, 1.54) is 24.3 Å². The molecular weight excluding hydrogens is 418 g/mol. The number of halogens is 2. The summed E-state index contributed by atoms with van der Waals surface area (Å²) in [5, 5.41) is 0. The molecule has 0 bridgehead atoms. The third-order valence-electron chi connectivity index (χ3n) is 4.45. The summed E-state index contributed by atoms with van der Waals surface area (Å²) in [5.74, 6) is -3.46. The number of esters is 2. The second-order valence-corrected chi connectivity index (χ2v) is 6.64. The topological polar surface area (TPSA) is 89.5 Å². The van der Waals surface area contributed by atoms with Gasteiger partial charge in [-0.3, -0.25) is 9.59 Å². The number of hydrogen-bond acceptors (Lipinski definition) is 8. The first-order valence-corrected chi connectivity index (χ1v) is 9.46. The number of carbonyl (C=O) groups is 2. The SMILES string of the molecule is O=C(CC(=O)Oc1ccc(C2OCCO2)c(F)c1)Oc1ccc(C2OCCO2)c(F)c1. The van der Waals surface area contributed by atoms with E-state index in [0.717, 1.165) is 12.1 Å². The fourth-order valence-corrected chi connectivity index (χ4v) is 3.05. The third-order valence-corrected chi connectivity index (χ3v) is 4.45. The molecule has 8 nitrogen and oxygen atoms in total. The van der Waals surface area contributed by atoms with Gasteiger partial charge in [0.1, 0.15) is 29.6 Å². The average Bonchev–Trinajstić information content (AvgIpc) is 3.42. The molecule has 0 N–H and O–H groups in total. The molecule has 2 heterocycles. The van der Waals surface area contributed by atoms with Crippen molar-refractivity contribution in [3.63, 3.8) is 0 Å². The Morgan fingerprint density at radius 2 is 1.13 bits per heavy atom. The van der Waals surface area contributed by atoms with Crippen molar-refractivity contribution in [2.75, 3.05) is 26.4 Å². The van der Waals surface area contributed by atoms with Crippen molar-refractivity contribution in [3.8, 4) is 11.5 Å². The molecule has 31 heavy (non-hydrogen) atoms. The molecule has 2 aromatic rings. The first-order chi connectivity index (χ1) is 15.0. The van der Waals surface area contributed by atoms with Crippen LogP contribution in [0.4, 0.5) is 8.78 Å². The minimum Gasteiger partial charge on any atom is -0.426 e. The maximum absolute atomic E-state index is 14.2. The third kappa shape index (κ3) is 5.23. The Balaban J connectivity index is 1.31. The van der Waals surface area contributed by atoms with Crippen molar-refractivity contribution in [3.05, 3.63) is 59.2 Å². The summed E-state index contributed by atoms with van der Waals surface area (Å²) in [6.07, 6.45) is -2.37. The Hall–Kier alpha value is -2.92. The Kier molecular flexibility index (Phi) is 6.52. The lowest BCUT2D eigenvalue weighted by atomic mass is 10.2. The van der Waals surface area contributed by atoms with Crippen LogP contribution in [-0.4, -0.2) is 38.4 Å². The highest BCUT2D eigenvalue weighted by Gasteiger charge is 2.24. The van der Waals surface area contributed by atoms with E-state index in [4.69, 9.17) is 28.4 Å². The average molecular weight is 436 g/mol. The lowest BCUT2D eigenvalue weighted by Gasteiger charge is -2.12. The summed E-state index contributed by atoms with van der Waals surface area (Å²) in [4.78, 5) is 23.9. The molecule has 0 radical (unpaired) electrons. The van der Waals surface area contributed by atoms with Crippen LogP contribution in [-0.2, 0) is 28.5 Å². The van der Waals surface area contributed by atoms with Crippen molar-refractivity contribution >= 4 is 11.9 Å². The van der Waals surface area contributed by atoms with Gasteiger partial charge in [-0.15, -0.1) is 0 Å². The standard InChI is InChI=1S/C21H18F2O8/c22-16-9-12(1-3-14(16)20-26-5-6-27-20)30-18(24)11-19(25)31-13-2-4-15(17(23)10-13)21-28-7-8-29-21/h1-4,9-10,20-21H,5-8,11H2. The summed E-state index contributed by atoms with van der Waals surface area (Å²) in [5.41, 5.74) is 0.353. The van der Waals surface area contributed by atoms with E-state index in [1.807, 2.05) is 0 Å². The molecule has 0 aromatic heterocycles. The molecule has 0 amide bonds. The van der Waals surface area contributed by atoms with Gasteiger partial charge in [-0.25, -0.2) is 8.78 Å². The van der Waals surface area contributed by atoms with E-state index in [-0.39, 0.29) is 22.6 Å². The van der Waals surface area contributed by atoms with E-state index < -0.39 is 42.6 Å². The van der Waals surface area contributed by atoms with Crippen LogP contribution in [0, 0.1) is 11.6 Å². The predicted molar refractivity (Wildman–Crippen MR) is 98.0 cm³/mol. The molecule has 2 aliphatic rings. The van der Waals surface area contributed by atoms with Gasteiger partial charge >= 0.3 is 11.9 Å². The van der Waals surface area contributed by atoms with Gasteiger partial charge in [0.2, 0.25) is 0 Å². The second-order valence-electron chi connectivity index (χ2n) is 6.64. The van der Waals surface area contributed by atoms with Crippen LogP contribution in [0.25, 0.3) is 0 Å². The Morgan fingerprint density at radius 3 is 1.48 bits per heavy atom. The van der Waals surface area contributed by atoms with Crippen LogP contribution in [0.3, 0.4) is 0 Å². The van der Waals surface area contributed by atoms with Crippen molar-refractivity contribution < 1.29 is 46.8 Å². The zero-order valence-corrected chi connectivity index (χ0v) is 16.2. The summed E-state index contributed by atoms with van der Waals surface area (Å²) in [7, 11) is 0. The fourth-order valence-electron chi connectivity index (χ4n) is 3.05. The zero-order valence-electron chi connectivity index (χ0n) is 16.2. The first kappa shape index (κ1) is 21.3. The highest BCUT2D eigenvalue weighted by Crippen LogP contribution is 2.29. The Bertz CT molecular complexity index is 890. The Morgan fingerprint density at radius 1 is 0.742 bits per heavy atom. The molecule has 0 aliphatic carbocycles. The maximum Gasteiger partial charge on any atom is 0.322 e. The number of benzene rings is 2. The highest BCUT2D eigenvalue weighted by molar-refractivity contribution is 5.93. The lowest BCUT2D eigenvalue weighted by molar-refractivity contribution is -0.144. The van der Waals surface area contributed by atoms with Gasteiger partial charge in [-0.1, -0.05) is 0 Å². The van der Waals surface area contributed by atoms with Gasteiger partial charge in [-0.2, -0.15) is 0 Å². The summed E-state index contributed by atoms with van der Waals surface area (Å²) < 4.78 is 59.2. The van der Waals surface area contributed by atoms with Gasteiger partial charge < -0.3 is 28.4 Å². The van der Waals surface area contributed by atoms with Crippen LogP contribution in [0.5, 0.6) is 11.5 Å². The fraction of sp³-hybridized carbons (Fsp3) is 0.333. The molecule has 2 fully saturated rings. The van der Waals surface area contributed by atoms with Crippen molar-refractivity contribution in [1.29, 1.82) is 0 Å². The van der Waals surface area contributed by atoms with Crippen molar-refractivity contribution in [2.24, 2.45) is 0 Å². The van der Waals surface area contributed by atoms with Gasteiger partial charge in [0.05, 0.1) is 26.4 Å². The molecule has 2 aliphatic heterocycles. The normalized spacial score (nSPS) is 17.1. The summed E-state index contributed by atoms with van der Waals surface area (Å²) in [6, 6.07) is 7.43. The van der Waals surface area contributed by atoms with E-state index in [9.17, 15) is 18.4 Å². The van der Waals surface area contributed by atoms with Gasteiger partial charge in [0, 0.05) is 23.3 Å². The largest absolute Gasteiger partial charge is 0.426 e. The molecule has 0 atom stereocenters. The van der Waals surface area contributed by atoms with E-state index in [2.05, 4.69) is 0 Å². The summed E-state index contributed by atoms with van der Waals surface area (Å²) in [6.45, 7) is 1.44. The summed E-state index contributed by atoms with van der Waals surface area (Å²) >= 11 is 0. The van der Waals surface area contributed by atoms with Crippen LogP contribution in [0.2, 0.25) is 0 Å². The number of hydrogen-bond donors (Lipinski definition) is 0. The van der Waals surface area contributed by atoms with Gasteiger partial charge in [0.15, 0.2) is 12.6 Å². The van der Waals surface area contributed by atoms with E-state index in [1.54, 1.807) is 0 Å². The Labute approximate surface area is 175 Å². The molecular formula is C21H18F2O8. The number of rotatable bonds is 6. The second kappa shape index (κ2) is 9.48. The maximum atomic E-state index is 14.2. The van der Waals surface area contributed by atoms with Gasteiger partial charge in [0.25, 0.3) is 0 Å². The molecule has 0 spiro atoms. The predicted octanol–water partition coefficient (Wildman–Crippen LogP) is 2.96. The molecule has 10 heteroatoms. The number of ether oxygens (including phenoxy) is 6. The lowest BCUT2D eigenvalue weighted by Crippen LogP contribution is -2.18. The van der Waals surface area contributed by atoms with Crippen LogP contribution >= 0.6 is 0 Å². The quantitative estimate of drug-likeness (QED) is 0.388. The van der Waals surface area contributed by atoms with E-state index >= 15 is 0 Å². The molecule has 0 saturated carbocycles. The molecule has 2 aromatic carbocycles. The van der Waals surface area contributed by atoms with Crippen LogP contribution in [0.1, 0.15) is 30.1 Å². The van der Waals surface area contributed by atoms with Crippen molar-refractivity contribution in [2.45, 2.75) is 19.0 Å². The van der Waals surface area contributed by atoms with Crippen LogP contribution < -0.4 is 9.47 Å². The molecule has 0 unspecified atom stereocenters. The van der Waals surface area contributed by atoms with E-state index in [0.29, 0.717) is 26.4 Å². The molecule has 4 rings (SSSR count). The minimum atomic E-state index is -0.963. The van der Waals surface area contributed by atoms with Crippen molar-refractivity contribution in [1.82, 2.24) is 0 Å². The highest BCUT2D eigenvalue weighted by atomic mass is 19.1. The van der Waals surface area contributed by atoms with Gasteiger partial charge in [-0.05, 0) is 24.3 Å². The number of carbonyl (C=O) groups excluding carboxylic acids is 2.